The number of furan rings is 1. The molecule has 3 heteroatoms. The van der Waals surface area contributed by atoms with E-state index < -0.39 is 0 Å². The van der Waals surface area contributed by atoms with E-state index in [0.29, 0.717) is 0 Å². The second-order valence-electron chi connectivity index (χ2n) is 9.50. The van der Waals surface area contributed by atoms with Crippen LogP contribution in [0.5, 0.6) is 0 Å². The van der Waals surface area contributed by atoms with Crippen molar-refractivity contribution in [2.45, 2.75) is 6.92 Å². The van der Waals surface area contributed by atoms with Gasteiger partial charge >= 0.3 is 0 Å². The Bertz CT molecular complexity index is 1860. The monoisotopic (exact) mass is 488 g/mol. The van der Waals surface area contributed by atoms with E-state index in [9.17, 15) is 0 Å². The fourth-order valence-corrected chi connectivity index (χ4v) is 5.17. The molecule has 0 radical (unpaired) electrons. The van der Waals surface area contributed by atoms with Crippen LogP contribution >= 0.6 is 0 Å². The topological polar surface area (TPSA) is 38.9 Å². The van der Waals surface area contributed by atoms with Crippen molar-refractivity contribution in [3.63, 3.8) is 0 Å². The van der Waals surface area contributed by atoms with Gasteiger partial charge in [-0.15, -0.1) is 0 Å². The Morgan fingerprint density at radius 1 is 0.474 bits per heavy atom. The Hall–Kier alpha value is -5.02. The molecule has 0 aliphatic rings. The van der Waals surface area contributed by atoms with Crippen LogP contribution in [0.15, 0.2) is 132 Å². The summed E-state index contributed by atoms with van der Waals surface area (Å²) in [6.07, 6.45) is 0. The molecule has 0 atom stereocenters. The van der Waals surface area contributed by atoms with Gasteiger partial charge < -0.3 is 4.42 Å². The summed E-state index contributed by atoms with van der Waals surface area (Å²) in [5, 5.41) is 2.20. The van der Waals surface area contributed by atoms with Gasteiger partial charge in [0, 0.05) is 21.9 Å². The summed E-state index contributed by atoms with van der Waals surface area (Å²) >= 11 is 0. The van der Waals surface area contributed by atoms with Crippen molar-refractivity contribution in [2.24, 2.45) is 0 Å². The first-order valence-electron chi connectivity index (χ1n) is 12.8. The molecule has 0 saturated carbocycles. The lowest BCUT2D eigenvalue weighted by Crippen LogP contribution is -1.96. The average Bonchev–Trinajstić information content (AvgIpc) is 3.36. The van der Waals surface area contributed by atoms with E-state index >= 15 is 0 Å². The number of aromatic nitrogens is 2. The van der Waals surface area contributed by atoms with Crippen molar-refractivity contribution in [3.05, 3.63) is 133 Å². The van der Waals surface area contributed by atoms with Crippen LogP contribution in [0.3, 0.4) is 0 Å². The summed E-state index contributed by atoms with van der Waals surface area (Å²) in [5.41, 5.74) is 10.1. The van der Waals surface area contributed by atoms with Gasteiger partial charge in [0.05, 0.1) is 11.4 Å². The molecule has 0 aliphatic heterocycles. The maximum atomic E-state index is 6.32. The van der Waals surface area contributed by atoms with E-state index in [1.165, 1.54) is 11.1 Å². The first-order chi connectivity index (χ1) is 18.7. The zero-order chi connectivity index (χ0) is 25.5. The molecule has 0 spiro atoms. The molecule has 5 aromatic carbocycles. The van der Waals surface area contributed by atoms with Gasteiger partial charge in [-0.1, -0.05) is 91.0 Å². The highest BCUT2D eigenvalue weighted by Crippen LogP contribution is 2.37. The number of para-hydroxylation sites is 2. The zero-order valence-electron chi connectivity index (χ0n) is 20.9. The van der Waals surface area contributed by atoms with Crippen LogP contribution < -0.4 is 0 Å². The van der Waals surface area contributed by atoms with E-state index in [1.807, 2.05) is 37.3 Å². The van der Waals surface area contributed by atoms with E-state index in [2.05, 4.69) is 97.1 Å². The molecule has 7 aromatic rings. The maximum absolute atomic E-state index is 6.32. The average molecular weight is 489 g/mol. The van der Waals surface area contributed by atoms with Crippen LogP contribution in [0.2, 0.25) is 0 Å². The van der Waals surface area contributed by atoms with Crippen molar-refractivity contribution in [2.75, 3.05) is 0 Å². The van der Waals surface area contributed by atoms with Crippen LogP contribution in [0, 0.1) is 6.92 Å². The van der Waals surface area contributed by atoms with Crippen LogP contribution in [0.1, 0.15) is 5.82 Å². The first-order valence-corrected chi connectivity index (χ1v) is 12.8. The molecule has 0 amide bonds. The molecule has 180 valence electrons. The van der Waals surface area contributed by atoms with E-state index in [0.717, 1.165) is 61.4 Å². The lowest BCUT2D eigenvalue weighted by molar-refractivity contribution is 0.670. The highest BCUT2D eigenvalue weighted by Gasteiger charge is 2.15. The molecule has 0 saturated heterocycles. The Labute approximate surface area is 221 Å². The van der Waals surface area contributed by atoms with Gasteiger partial charge in [0.25, 0.3) is 0 Å². The molecule has 0 aliphatic carbocycles. The van der Waals surface area contributed by atoms with Crippen LogP contribution in [0.4, 0.5) is 0 Å². The second-order valence-corrected chi connectivity index (χ2v) is 9.50. The summed E-state index contributed by atoms with van der Waals surface area (Å²) in [5.74, 6) is 0.719. The van der Waals surface area contributed by atoms with Gasteiger partial charge in [-0.05, 0) is 65.6 Å². The normalized spacial score (nSPS) is 11.3. The Morgan fingerprint density at radius 3 is 1.76 bits per heavy atom. The fraction of sp³-hybridized carbons (Fsp3) is 0.0286. The predicted molar refractivity (Wildman–Crippen MR) is 156 cm³/mol. The molecule has 38 heavy (non-hydrogen) atoms. The molecule has 3 nitrogen and oxygen atoms in total. The van der Waals surface area contributed by atoms with Crippen molar-refractivity contribution < 1.29 is 4.42 Å². The maximum Gasteiger partial charge on any atom is 0.144 e. The van der Waals surface area contributed by atoms with Gasteiger partial charge in [0.2, 0.25) is 0 Å². The Kier molecular flexibility index (Phi) is 5.33. The number of rotatable bonds is 4. The number of benzene rings is 5. The summed E-state index contributed by atoms with van der Waals surface area (Å²) in [7, 11) is 0. The summed E-state index contributed by atoms with van der Waals surface area (Å²) in [4.78, 5) is 9.72. The van der Waals surface area contributed by atoms with Crippen LogP contribution in [-0.4, -0.2) is 9.97 Å². The third-order valence-electron chi connectivity index (χ3n) is 6.96. The van der Waals surface area contributed by atoms with Crippen LogP contribution in [-0.2, 0) is 0 Å². The lowest BCUT2D eigenvalue weighted by Gasteiger charge is -2.12. The van der Waals surface area contributed by atoms with Gasteiger partial charge in [-0.2, -0.15) is 0 Å². The van der Waals surface area contributed by atoms with Crippen molar-refractivity contribution in [1.82, 2.24) is 9.97 Å². The number of aryl methyl sites for hydroxylation is 1. The molecule has 0 unspecified atom stereocenters. The minimum atomic E-state index is 0.719. The van der Waals surface area contributed by atoms with Gasteiger partial charge in [-0.3, -0.25) is 0 Å². The smallest absolute Gasteiger partial charge is 0.144 e. The highest BCUT2D eigenvalue weighted by atomic mass is 16.3. The van der Waals surface area contributed by atoms with Gasteiger partial charge in [0.15, 0.2) is 0 Å². The number of fused-ring (bicyclic) bond motifs is 3. The molecule has 7 rings (SSSR count). The molecule has 2 heterocycles. The van der Waals surface area contributed by atoms with E-state index in [-0.39, 0.29) is 0 Å². The minimum Gasteiger partial charge on any atom is -0.455 e. The molecular weight excluding hydrogens is 464 g/mol. The SMILES string of the molecule is Cc1nc(-c2cc(-c3ccccc3)cc(-c3ccccc3)c2)cc(-c2cccc3c2oc2ccccc23)n1. The molecule has 0 fully saturated rings. The van der Waals surface area contributed by atoms with Gasteiger partial charge in [-0.25, -0.2) is 9.97 Å². The van der Waals surface area contributed by atoms with E-state index in [1.54, 1.807) is 0 Å². The van der Waals surface area contributed by atoms with Crippen molar-refractivity contribution in [3.8, 4) is 44.8 Å². The number of hydrogen-bond donors (Lipinski definition) is 0. The van der Waals surface area contributed by atoms with Crippen molar-refractivity contribution >= 4 is 21.9 Å². The minimum absolute atomic E-state index is 0.719. The number of nitrogens with zero attached hydrogens (tertiary/aromatic N) is 2. The van der Waals surface area contributed by atoms with Crippen molar-refractivity contribution in [1.29, 1.82) is 0 Å². The molecule has 0 bridgehead atoms. The molecule has 0 N–H and O–H groups in total. The second kappa shape index (κ2) is 9.13. The predicted octanol–water partition coefficient (Wildman–Crippen LogP) is 9.35. The largest absolute Gasteiger partial charge is 0.455 e. The molecular formula is C35H24N2O. The standard InChI is InChI=1S/C35H24N2O/c1-23-36-32(22-33(37-23)31-17-10-16-30-29-15-8-9-18-34(29)38-35(30)31)28-20-26(24-11-4-2-5-12-24)19-27(21-28)25-13-6-3-7-14-25/h2-22H,1H3. The quantitative estimate of drug-likeness (QED) is 0.248. The number of hydrogen-bond acceptors (Lipinski definition) is 3. The fourth-order valence-electron chi connectivity index (χ4n) is 5.17. The van der Waals surface area contributed by atoms with E-state index in [4.69, 9.17) is 14.4 Å². The van der Waals surface area contributed by atoms with Gasteiger partial charge in [0.1, 0.15) is 17.0 Å². The molecule has 2 aromatic heterocycles. The zero-order valence-corrected chi connectivity index (χ0v) is 20.9. The Morgan fingerprint density at radius 2 is 1.05 bits per heavy atom. The first kappa shape index (κ1) is 22.2. The third-order valence-corrected chi connectivity index (χ3v) is 6.96. The lowest BCUT2D eigenvalue weighted by atomic mass is 9.94. The summed E-state index contributed by atoms with van der Waals surface area (Å²) < 4.78 is 6.32. The third kappa shape index (κ3) is 3.95. The Balaban J connectivity index is 1.43. The summed E-state index contributed by atoms with van der Waals surface area (Å²) in [6, 6.07) is 44.1. The van der Waals surface area contributed by atoms with Crippen LogP contribution in [0.25, 0.3) is 66.7 Å². The summed E-state index contributed by atoms with van der Waals surface area (Å²) in [6.45, 7) is 1.95. The highest BCUT2D eigenvalue weighted by molar-refractivity contribution is 6.09.